The topological polar surface area (TPSA) is 115 Å². The molecule has 0 spiro atoms. The number of hydrogen-bond acceptors (Lipinski definition) is 7. The second-order valence-electron chi connectivity index (χ2n) is 8.52. The number of fused-ring (bicyclic) bond motifs is 1. The van der Waals surface area contributed by atoms with Crippen LogP contribution in [0.5, 0.6) is 0 Å². The number of hydrogen-bond donors (Lipinski definition) is 2. The fourth-order valence-electron chi connectivity index (χ4n) is 4.20. The number of nitrogens with two attached hydrogens (primary N) is 2. The molecule has 10 heteroatoms. The van der Waals surface area contributed by atoms with Gasteiger partial charge in [0.1, 0.15) is 5.82 Å². The summed E-state index contributed by atoms with van der Waals surface area (Å²) < 4.78 is 15.2. The van der Waals surface area contributed by atoms with E-state index in [1.807, 2.05) is 34.0 Å². The molecule has 0 fully saturated rings. The Morgan fingerprint density at radius 1 is 1.17 bits per heavy atom. The molecular formula is C25H30FN7OS. The summed E-state index contributed by atoms with van der Waals surface area (Å²) in [6.07, 6.45) is 3.47. The van der Waals surface area contributed by atoms with Crippen molar-refractivity contribution in [1.29, 1.82) is 0 Å². The van der Waals surface area contributed by atoms with Crippen molar-refractivity contribution in [1.82, 2.24) is 19.6 Å². The Morgan fingerprint density at radius 2 is 1.94 bits per heavy atom. The zero-order chi connectivity index (χ0) is 24.9. The number of rotatable bonds is 11. The summed E-state index contributed by atoms with van der Waals surface area (Å²) in [6.45, 7) is 2.75. The van der Waals surface area contributed by atoms with Crippen molar-refractivity contribution in [2.75, 3.05) is 18.5 Å². The Kier molecular flexibility index (Phi) is 7.72. The van der Waals surface area contributed by atoms with E-state index < -0.39 is 0 Å². The van der Waals surface area contributed by atoms with Gasteiger partial charge in [0, 0.05) is 36.8 Å². The summed E-state index contributed by atoms with van der Waals surface area (Å²) in [5.74, 6) is 0.326. The van der Waals surface area contributed by atoms with Gasteiger partial charge in [-0.1, -0.05) is 13.3 Å². The molecule has 4 rings (SSSR count). The number of primary amides is 1. The van der Waals surface area contributed by atoms with Crippen LogP contribution in [-0.2, 0) is 11.2 Å². The van der Waals surface area contributed by atoms with Crippen LogP contribution < -0.4 is 16.4 Å². The first-order valence-corrected chi connectivity index (χ1v) is 12.6. The normalized spacial score (nSPS) is 12.2. The van der Waals surface area contributed by atoms with Gasteiger partial charge in [0.25, 0.3) is 0 Å². The van der Waals surface area contributed by atoms with Gasteiger partial charge in [-0.3, -0.25) is 4.79 Å². The summed E-state index contributed by atoms with van der Waals surface area (Å²) in [6, 6.07) is 10.2. The highest BCUT2D eigenvalue weighted by Gasteiger charge is 2.22. The third-order valence-electron chi connectivity index (χ3n) is 5.96. The van der Waals surface area contributed by atoms with Crippen molar-refractivity contribution in [2.24, 2.45) is 11.5 Å². The number of halogens is 1. The molecular weight excluding hydrogens is 465 g/mol. The molecule has 184 valence electrons. The zero-order valence-corrected chi connectivity index (χ0v) is 20.8. The van der Waals surface area contributed by atoms with Gasteiger partial charge < -0.3 is 16.4 Å². The third kappa shape index (κ3) is 5.49. The van der Waals surface area contributed by atoms with E-state index in [-0.39, 0.29) is 24.1 Å². The van der Waals surface area contributed by atoms with E-state index in [4.69, 9.17) is 26.5 Å². The lowest BCUT2D eigenvalue weighted by Crippen LogP contribution is -2.17. The molecule has 4 aromatic rings. The van der Waals surface area contributed by atoms with Crippen molar-refractivity contribution in [3.63, 3.8) is 0 Å². The predicted octanol–water partition coefficient (Wildman–Crippen LogP) is 4.41. The Balaban J connectivity index is 1.76. The van der Waals surface area contributed by atoms with Crippen LogP contribution >= 0.6 is 11.3 Å². The quantitative estimate of drug-likeness (QED) is 0.318. The molecule has 1 unspecified atom stereocenters. The van der Waals surface area contributed by atoms with E-state index in [9.17, 15) is 9.18 Å². The van der Waals surface area contributed by atoms with Crippen molar-refractivity contribution in [2.45, 2.75) is 44.9 Å². The average Bonchev–Trinajstić information content (AvgIpc) is 3.47. The molecule has 0 bridgehead atoms. The minimum absolute atomic E-state index is 0.182. The first kappa shape index (κ1) is 24.7. The number of carbonyl (C=O) groups is 1. The fraction of sp³-hybridized carbons (Fsp3) is 0.360. The number of carbonyl (C=O) groups excluding carboxylic acids is 1. The number of benzene rings is 1. The Hall–Kier alpha value is -3.37. The lowest BCUT2D eigenvalue weighted by atomic mass is 9.96. The van der Waals surface area contributed by atoms with Crippen molar-refractivity contribution in [3.8, 4) is 11.3 Å². The second-order valence-corrected chi connectivity index (χ2v) is 9.36. The van der Waals surface area contributed by atoms with Gasteiger partial charge in [-0.05, 0) is 55.8 Å². The van der Waals surface area contributed by atoms with Gasteiger partial charge in [-0.2, -0.15) is 9.61 Å². The summed E-state index contributed by atoms with van der Waals surface area (Å²) in [7, 11) is 1.91. The molecule has 1 atom stereocenters. The third-order valence-corrected chi connectivity index (χ3v) is 6.88. The standard InChI is InChI=1S/C25H30FN7OS/c1-3-4-16(13-14-27)19-10-12-23-29-20(9-11-22(28)34)24(33(23)31-19)32(2)25-30-21(15-35-25)17-5-7-18(26)8-6-17/h5-8,10,12,15-16H,3-4,9,11,13-14,27H2,1-2H3,(H2,28,34). The number of nitrogens with zero attached hydrogens (tertiary/aromatic N) is 5. The Bertz CT molecular complexity index is 1300. The van der Waals surface area contributed by atoms with Crippen LogP contribution in [0.2, 0.25) is 0 Å². The van der Waals surface area contributed by atoms with Gasteiger partial charge in [-0.15, -0.1) is 11.3 Å². The summed E-state index contributed by atoms with van der Waals surface area (Å²) in [5.41, 5.74) is 15.3. The monoisotopic (exact) mass is 495 g/mol. The summed E-state index contributed by atoms with van der Waals surface area (Å²) in [5, 5.41) is 7.62. The van der Waals surface area contributed by atoms with Crippen molar-refractivity contribution < 1.29 is 9.18 Å². The molecule has 0 saturated carbocycles. The van der Waals surface area contributed by atoms with Gasteiger partial charge in [0.2, 0.25) is 5.91 Å². The molecule has 0 aliphatic carbocycles. The maximum atomic E-state index is 13.3. The van der Waals surface area contributed by atoms with Gasteiger partial charge >= 0.3 is 0 Å². The number of aryl methyl sites for hydroxylation is 1. The SMILES string of the molecule is CCCC(CCN)c1ccc2nc(CCC(N)=O)c(N(C)c3nc(-c4ccc(F)cc4)cs3)n2n1. The maximum Gasteiger partial charge on any atom is 0.217 e. The first-order chi connectivity index (χ1) is 16.9. The average molecular weight is 496 g/mol. The largest absolute Gasteiger partial charge is 0.370 e. The maximum absolute atomic E-state index is 13.3. The molecule has 0 aliphatic rings. The molecule has 0 radical (unpaired) electrons. The molecule has 0 saturated heterocycles. The molecule has 1 aromatic carbocycles. The second kappa shape index (κ2) is 10.9. The fourth-order valence-corrected chi connectivity index (χ4v) is 5.00. The Morgan fingerprint density at radius 3 is 2.63 bits per heavy atom. The molecule has 0 aliphatic heterocycles. The molecule has 35 heavy (non-hydrogen) atoms. The summed E-state index contributed by atoms with van der Waals surface area (Å²) in [4.78, 5) is 23.0. The van der Waals surface area contributed by atoms with Gasteiger partial charge in [-0.25, -0.2) is 14.4 Å². The minimum Gasteiger partial charge on any atom is -0.370 e. The molecule has 4 N–H and O–H groups in total. The number of anilines is 2. The van der Waals surface area contributed by atoms with Crippen LogP contribution in [0.1, 0.15) is 49.9 Å². The number of aromatic nitrogens is 4. The molecule has 1 amide bonds. The van der Waals surface area contributed by atoms with E-state index in [1.165, 1.54) is 23.5 Å². The van der Waals surface area contributed by atoms with Crippen molar-refractivity contribution in [3.05, 3.63) is 59.0 Å². The lowest BCUT2D eigenvalue weighted by Gasteiger charge is -2.18. The molecule has 3 heterocycles. The number of imidazole rings is 1. The molecule has 3 aromatic heterocycles. The highest BCUT2D eigenvalue weighted by atomic mass is 32.1. The molecule has 8 nitrogen and oxygen atoms in total. The predicted molar refractivity (Wildman–Crippen MR) is 137 cm³/mol. The van der Waals surface area contributed by atoms with Gasteiger partial charge in [0.05, 0.1) is 17.1 Å². The van der Waals surface area contributed by atoms with Crippen LogP contribution in [0.3, 0.4) is 0 Å². The van der Waals surface area contributed by atoms with Crippen LogP contribution in [0, 0.1) is 5.82 Å². The van der Waals surface area contributed by atoms with Crippen LogP contribution in [-0.4, -0.2) is 39.1 Å². The van der Waals surface area contributed by atoms with Crippen LogP contribution in [0.25, 0.3) is 16.9 Å². The number of amides is 1. The van der Waals surface area contributed by atoms with Gasteiger partial charge in [0.15, 0.2) is 16.6 Å². The Labute approximate surface area is 207 Å². The van der Waals surface area contributed by atoms with E-state index in [1.54, 1.807) is 12.1 Å². The smallest absolute Gasteiger partial charge is 0.217 e. The van der Waals surface area contributed by atoms with Crippen molar-refractivity contribution >= 4 is 33.8 Å². The number of thiazole rings is 1. The van der Waals surface area contributed by atoms with Crippen LogP contribution in [0.4, 0.5) is 15.3 Å². The van der Waals surface area contributed by atoms with E-state index in [0.717, 1.165) is 52.9 Å². The highest BCUT2D eigenvalue weighted by Crippen LogP contribution is 2.34. The van der Waals surface area contributed by atoms with E-state index in [2.05, 4.69) is 6.92 Å². The lowest BCUT2D eigenvalue weighted by molar-refractivity contribution is -0.118. The van der Waals surface area contributed by atoms with E-state index >= 15 is 0 Å². The summed E-state index contributed by atoms with van der Waals surface area (Å²) >= 11 is 1.47. The minimum atomic E-state index is -0.386. The first-order valence-electron chi connectivity index (χ1n) is 11.7. The highest BCUT2D eigenvalue weighted by molar-refractivity contribution is 7.14. The zero-order valence-electron chi connectivity index (χ0n) is 19.9. The van der Waals surface area contributed by atoms with E-state index in [0.29, 0.717) is 18.6 Å². The van der Waals surface area contributed by atoms with Crippen LogP contribution in [0.15, 0.2) is 41.8 Å².